The second-order valence-corrected chi connectivity index (χ2v) is 11.7. The second kappa shape index (κ2) is 14.8. The third-order valence-corrected chi connectivity index (χ3v) is 8.26. The third kappa shape index (κ3) is 8.33. The van der Waals surface area contributed by atoms with Crippen molar-refractivity contribution < 1.29 is 19.1 Å². The Morgan fingerprint density at radius 1 is 0.756 bits per heavy atom. The fourth-order valence-corrected chi connectivity index (χ4v) is 5.82. The van der Waals surface area contributed by atoms with E-state index in [1.165, 1.54) is 0 Å². The number of nitrogens with zero attached hydrogens (tertiary/aromatic N) is 6. The van der Waals surface area contributed by atoms with Gasteiger partial charge >= 0.3 is 0 Å². The Bertz CT molecular complexity index is 1510. The summed E-state index contributed by atoms with van der Waals surface area (Å²) in [5.41, 5.74) is 3.53. The van der Waals surface area contributed by atoms with E-state index in [0.717, 1.165) is 69.4 Å². The number of hydrogen-bond acceptors (Lipinski definition) is 12. The van der Waals surface area contributed by atoms with Gasteiger partial charge in [-0.3, -0.25) is 19.4 Å². The summed E-state index contributed by atoms with van der Waals surface area (Å²) in [7, 11) is 3.26. The van der Waals surface area contributed by atoms with Gasteiger partial charge in [0.1, 0.15) is 28.1 Å². The van der Waals surface area contributed by atoms with Gasteiger partial charge < -0.3 is 29.9 Å². The molecule has 2 aromatic carbocycles. The van der Waals surface area contributed by atoms with Crippen molar-refractivity contribution in [3.8, 4) is 11.5 Å². The normalized spacial score (nSPS) is 15.9. The summed E-state index contributed by atoms with van der Waals surface area (Å²) in [5.74, 6) is 2.47. The zero-order chi connectivity index (χ0) is 31.9. The smallest absolute Gasteiger partial charge is 0.229 e. The number of carbonyl (C=O) groups is 2. The first-order valence-corrected chi connectivity index (χ1v) is 15.5. The Hall–Kier alpha value is -4.13. The van der Waals surface area contributed by atoms with Crippen LogP contribution in [-0.4, -0.2) is 111 Å². The number of rotatable bonds is 12. The quantitative estimate of drug-likeness (QED) is 0.299. The predicted molar refractivity (Wildman–Crippen MR) is 178 cm³/mol. The molecule has 0 atom stereocenters. The van der Waals surface area contributed by atoms with E-state index in [2.05, 4.69) is 40.2 Å². The number of halogens is 1. The van der Waals surface area contributed by atoms with Crippen LogP contribution in [0.25, 0.3) is 0 Å². The molecule has 2 aliphatic rings. The molecule has 45 heavy (non-hydrogen) atoms. The van der Waals surface area contributed by atoms with Crippen LogP contribution in [0, 0.1) is 0 Å². The Labute approximate surface area is 269 Å². The van der Waals surface area contributed by atoms with E-state index in [-0.39, 0.29) is 11.6 Å². The molecule has 3 heterocycles. The molecular formula is C32H41ClN8O4. The Kier molecular flexibility index (Phi) is 10.6. The molecule has 0 aliphatic carbocycles. The third-order valence-electron chi connectivity index (χ3n) is 7.98. The van der Waals surface area contributed by atoms with Gasteiger partial charge in [-0.1, -0.05) is 11.6 Å². The molecule has 3 aromatic rings. The molecule has 0 spiro atoms. The summed E-state index contributed by atoms with van der Waals surface area (Å²) >= 11 is 6.51. The number of anilines is 6. The van der Waals surface area contributed by atoms with Gasteiger partial charge in [0.25, 0.3) is 0 Å². The minimum Gasteiger partial charge on any atom is -0.494 e. The molecule has 2 saturated heterocycles. The van der Waals surface area contributed by atoms with Crippen LogP contribution in [0.2, 0.25) is 5.02 Å². The van der Waals surface area contributed by atoms with Gasteiger partial charge in [-0.2, -0.15) is 4.98 Å². The van der Waals surface area contributed by atoms with Gasteiger partial charge in [-0.15, -0.1) is 0 Å². The first-order chi connectivity index (χ1) is 21.7. The number of ketones is 2. The number of benzene rings is 2. The van der Waals surface area contributed by atoms with E-state index >= 15 is 0 Å². The van der Waals surface area contributed by atoms with Gasteiger partial charge in [-0.05, 0) is 38.1 Å². The van der Waals surface area contributed by atoms with Crippen molar-refractivity contribution >= 4 is 57.7 Å². The number of hydrogen-bond donors (Lipinski definition) is 2. The standard InChI is InChI=1S/C32H41ClN8O4/c1-22(42)20-38-9-13-40(14-10-38)24-5-7-27(29(17-24)44-3)35-31-26(33)19-34-32(37-31)36-28-8-6-25(18-30(28)45-4)41-15-11-39(12-16-41)21-23(2)43/h5-8,17-19H,9-16,20-21H2,1-4H3,(H2,34,35,36,37). The molecule has 12 nitrogen and oxygen atoms in total. The van der Waals surface area contributed by atoms with Crippen LogP contribution >= 0.6 is 11.6 Å². The molecule has 2 aliphatic heterocycles. The number of nitrogens with one attached hydrogen (secondary N) is 2. The summed E-state index contributed by atoms with van der Waals surface area (Å²) in [6.07, 6.45) is 1.54. The number of piperazine rings is 2. The van der Waals surface area contributed by atoms with Crippen molar-refractivity contribution in [2.75, 3.05) is 100 Å². The second-order valence-electron chi connectivity index (χ2n) is 11.3. The van der Waals surface area contributed by atoms with Crippen LogP contribution in [0.3, 0.4) is 0 Å². The maximum Gasteiger partial charge on any atom is 0.229 e. The SMILES string of the molecule is COc1cc(N2CCN(CC(C)=O)CC2)ccc1Nc1ncc(Cl)c(Nc2ccc(N3CCN(CC(C)=O)CC3)cc2OC)n1. The monoisotopic (exact) mass is 636 g/mol. The van der Waals surface area contributed by atoms with Crippen LogP contribution in [-0.2, 0) is 9.59 Å². The highest BCUT2D eigenvalue weighted by Crippen LogP contribution is 2.35. The zero-order valence-electron chi connectivity index (χ0n) is 26.3. The molecule has 13 heteroatoms. The maximum absolute atomic E-state index is 11.5. The summed E-state index contributed by atoms with van der Waals surface area (Å²) in [4.78, 5) is 40.9. The highest BCUT2D eigenvalue weighted by Gasteiger charge is 2.21. The molecular weight excluding hydrogens is 596 g/mol. The Morgan fingerprint density at radius 2 is 1.22 bits per heavy atom. The van der Waals surface area contributed by atoms with Crippen LogP contribution in [0.1, 0.15) is 13.8 Å². The van der Waals surface area contributed by atoms with Gasteiger partial charge in [0.15, 0.2) is 5.82 Å². The lowest BCUT2D eigenvalue weighted by Gasteiger charge is -2.35. The zero-order valence-corrected chi connectivity index (χ0v) is 27.1. The van der Waals surface area contributed by atoms with Gasteiger partial charge in [0, 0.05) is 75.9 Å². The van der Waals surface area contributed by atoms with Crippen LogP contribution < -0.4 is 29.9 Å². The minimum absolute atomic E-state index is 0.187. The summed E-state index contributed by atoms with van der Waals surface area (Å²) in [6.45, 7) is 10.9. The minimum atomic E-state index is 0.187. The summed E-state index contributed by atoms with van der Waals surface area (Å²) in [6, 6.07) is 12.0. The number of ether oxygens (including phenoxy) is 2. The van der Waals surface area contributed by atoms with E-state index in [1.807, 2.05) is 36.4 Å². The Morgan fingerprint density at radius 3 is 1.67 bits per heavy atom. The molecule has 240 valence electrons. The van der Waals surface area contributed by atoms with Crippen molar-refractivity contribution in [2.24, 2.45) is 0 Å². The number of Topliss-reactive ketones (excluding diaryl/α,β-unsaturated/α-hetero) is 2. The first-order valence-electron chi connectivity index (χ1n) is 15.1. The lowest BCUT2D eigenvalue weighted by molar-refractivity contribution is -0.119. The van der Waals surface area contributed by atoms with E-state index in [9.17, 15) is 9.59 Å². The van der Waals surface area contributed by atoms with Crippen molar-refractivity contribution in [2.45, 2.75) is 13.8 Å². The molecule has 0 bridgehead atoms. The average Bonchev–Trinajstić information content (AvgIpc) is 3.03. The maximum atomic E-state index is 11.5. The molecule has 1 aromatic heterocycles. The van der Waals surface area contributed by atoms with Gasteiger partial charge in [0.2, 0.25) is 5.95 Å². The van der Waals surface area contributed by atoms with Crippen LogP contribution in [0.5, 0.6) is 11.5 Å². The van der Waals surface area contributed by atoms with Crippen molar-refractivity contribution in [1.82, 2.24) is 19.8 Å². The highest BCUT2D eigenvalue weighted by molar-refractivity contribution is 6.33. The topological polar surface area (TPSA) is 115 Å². The van der Waals surface area contributed by atoms with Crippen LogP contribution in [0.4, 0.5) is 34.5 Å². The van der Waals surface area contributed by atoms with Gasteiger partial charge in [-0.25, -0.2) is 4.98 Å². The fraction of sp³-hybridized carbons (Fsp3) is 0.438. The van der Waals surface area contributed by atoms with Gasteiger partial charge in [0.05, 0.1) is 44.9 Å². The number of methoxy groups -OCH3 is 2. The van der Waals surface area contributed by atoms with Crippen molar-refractivity contribution in [3.05, 3.63) is 47.6 Å². The Balaban J connectivity index is 1.25. The lowest BCUT2D eigenvalue weighted by atomic mass is 10.2. The largest absolute Gasteiger partial charge is 0.494 e. The molecule has 0 radical (unpaired) electrons. The molecule has 0 unspecified atom stereocenters. The molecule has 0 amide bonds. The summed E-state index contributed by atoms with van der Waals surface area (Å²) in [5, 5.41) is 6.92. The van der Waals surface area contributed by atoms with E-state index in [4.69, 9.17) is 21.1 Å². The van der Waals surface area contributed by atoms with E-state index in [1.54, 1.807) is 34.3 Å². The van der Waals surface area contributed by atoms with E-state index < -0.39 is 0 Å². The number of carbonyl (C=O) groups excluding carboxylic acids is 2. The highest BCUT2D eigenvalue weighted by atomic mass is 35.5. The lowest BCUT2D eigenvalue weighted by Crippen LogP contribution is -2.47. The molecule has 5 rings (SSSR count). The average molecular weight is 637 g/mol. The van der Waals surface area contributed by atoms with E-state index in [0.29, 0.717) is 47.1 Å². The van der Waals surface area contributed by atoms with Crippen LogP contribution in [0.15, 0.2) is 42.6 Å². The fourth-order valence-electron chi connectivity index (χ4n) is 5.68. The van der Waals surface area contributed by atoms with Crippen molar-refractivity contribution in [1.29, 1.82) is 0 Å². The molecule has 0 saturated carbocycles. The molecule has 2 N–H and O–H groups in total. The number of aromatic nitrogens is 2. The predicted octanol–water partition coefficient (Wildman–Crippen LogP) is 4.06. The first kappa shape index (κ1) is 32.3. The summed E-state index contributed by atoms with van der Waals surface area (Å²) < 4.78 is 11.4. The molecule has 2 fully saturated rings. The van der Waals surface area contributed by atoms with Crippen molar-refractivity contribution in [3.63, 3.8) is 0 Å².